The van der Waals surface area contributed by atoms with E-state index >= 15 is 0 Å². The van der Waals surface area contributed by atoms with Crippen molar-refractivity contribution in [3.8, 4) is 0 Å². The van der Waals surface area contributed by atoms with E-state index in [1.165, 1.54) is 11.6 Å². The van der Waals surface area contributed by atoms with Crippen molar-refractivity contribution in [1.29, 1.82) is 0 Å². The number of hydrogen-bond acceptors (Lipinski definition) is 4. The average molecular weight is 508 g/mol. The summed E-state index contributed by atoms with van der Waals surface area (Å²) in [5.74, 6) is -0.167. The number of aromatic nitrogens is 3. The predicted octanol–water partition coefficient (Wildman–Crippen LogP) is 5.38. The van der Waals surface area contributed by atoms with Gasteiger partial charge in [-0.05, 0) is 72.9 Å². The maximum Gasteiger partial charge on any atom is 0.272 e. The molecular weight excluding hydrogens is 481 g/mol. The maximum atomic E-state index is 13.9. The summed E-state index contributed by atoms with van der Waals surface area (Å²) in [6.07, 6.45) is 6.88. The number of hydrogen-bond donors (Lipinski definition) is 1. The van der Waals surface area contributed by atoms with Crippen LogP contribution in [-0.4, -0.2) is 44.3 Å². The van der Waals surface area contributed by atoms with Gasteiger partial charge in [0.25, 0.3) is 5.91 Å². The molecule has 6 rings (SSSR count). The first kappa shape index (κ1) is 23.8. The third kappa shape index (κ3) is 4.72. The molecule has 0 radical (unpaired) electrons. The van der Waals surface area contributed by atoms with Gasteiger partial charge in [-0.1, -0.05) is 18.2 Å². The summed E-state index contributed by atoms with van der Waals surface area (Å²) in [6.45, 7) is 1.44. The zero-order valence-corrected chi connectivity index (χ0v) is 20.7. The van der Waals surface area contributed by atoms with E-state index in [4.69, 9.17) is 0 Å². The molecule has 0 spiro atoms. The normalized spacial score (nSPS) is 14.2. The molecule has 2 amide bonds. The molecule has 5 aromatic rings. The molecule has 0 saturated carbocycles. The summed E-state index contributed by atoms with van der Waals surface area (Å²) in [4.78, 5) is 36.1. The van der Waals surface area contributed by atoms with Crippen LogP contribution in [0.5, 0.6) is 0 Å². The van der Waals surface area contributed by atoms with Crippen LogP contribution >= 0.6 is 0 Å². The van der Waals surface area contributed by atoms with Crippen molar-refractivity contribution in [3.05, 3.63) is 102 Å². The van der Waals surface area contributed by atoms with Gasteiger partial charge in [0.15, 0.2) is 0 Å². The van der Waals surface area contributed by atoms with Gasteiger partial charge in [-0.15, -0.1) is 0 Å². The molecule has 4 heterocycles. The largest absolute Gasteiger partial charge is 0.338 e. The summed E-state index contributed by atoms with van der Waals surface area (Å²) in [6, 6.07) is 19.9. The molecule has 0 unspecified atom stereocenters. The Morgan fingerprint density at radius 1 is 0.974 bits per heavy atom. The van der Waals surface area contributed by atoms with Gasteiger partial charge >= 0.3 is 0 Å². The molecule has 38 heavy (non-hydrogen) atoms. The highest BCUT2D eigenvalue weighted by Crippen LogP contribution is 2.29. The molecule has 1 saturated heterocycles. The molecule has 0 atom stereocenters. The number of nitrogens with zero attached hydrogens (tertiary/aromatic N) is 4. The van der Waals surface area contributed by atoms with Crippen molar-refractivity contribution in [2.24, 2.45) is 0 Å². The number of carbonyl (C=O) groups excluding carboxylic acids is 2. The van der Waals surface area contributed by atoms with Crippen molar-refractivity contribution in [2.75, 3.05) is 18.4 Å². The summed E-state index contributed by atoms with van der Waals surface area (Å²) in [5.41, 5.74) is 3.82. The minimum absolute atomic E-state index is 0.0431. The quantitative estimate of drug-likeness (QED) is 0.346. The average Bonchev–Trinajstić information content (AvgIpc) is 3.36. The SMILES string of the molecule is O=C(Cn1ccc2c(F)cccc21)Nc1ccc(C2CCN(C(=O)c3ccc4cnccc4n3)CC2)cc1. The first-order valence-corrected chi connectivity index (χ1v) is 12.7. The van der Waals surface area contributed by atoms with Crippen LogP contribution in [0.15, 0.2) is 85.3 Å². The summed E-state index contributed by atoms with van der Waals surface area (Å²) in [7, 11) is 0. The molecule has 1 fully saturated rings. The van der Waals surface area contributed by atoms with Gasteiger partial charge in [0.05, 0.1) is 11.0 Å². The molecule has 1 N–H and O–H groups in total. The van der Waals surface area contributed by atoms with Gasteiger partial charge in [0.2, 0.25) is 5.91 Å². The Bertz CT molecular complexity index is 1640. The molecule has 3 aromatic heterocycles. The van der Waals surface area contributed by atoms with Gasteiger partial charge in [0, 0.05) is 48.1 Å². The van der Waals surface area contributed by atoms with Gasteiger partial charge in [-0.25, -0.2) is 9.37 Å². The highest BCUT2D eigenvalue weighted by molar-refractivity contribution is 5.95. The standard InChI is InChI=1S/C30H26FN5O2/c31-25-2-1-3-28-24(25)13-17-36(28)19-29(37)33-23-7-4-20(5-8-23)21-11-15-35(16-12-21)30(38)27-9-6-22-18-32-14-10-26(22)34-27/h1-10,13-14,17-18,21H,11-12,15-16,19H2,(H,33,37). The van der Waals surface area contributed by atoms with Gasteiger partial charge in [-0.2, -0.15) is 0 Å². The first-order valence-electron chi connectivity index (χ1n) is 12.7. The van der Waals surface area contributed by atoms with Crippen LogP contribution in [0.4, 0.5) is 10.1 Å². The topological polar surface area (TPSA) is 80.1 Å². The molecule has 0 aliphatic carbocycles. The third-order valence-electron chi connectivity index (χ3n) is 7.23. The smallest absolute Gasteiger partial charge is 0.272 e. The van der Waals surface area contributed by atoms with Crippen LogP contribution in [0.2, 0.25) is 0 Å². The Labute approximate surface area is 218 Å². The van der Waals surface area contributed by atoms with Crippen LogP contribution in [0.25, 0.3) is 21.8 Å². The number of anilines is 1. The van der Waals surface area contributed by atoms with Crippen LogP contribution < -0.4 is 5.32 Å². The lowest BCUT2D eigenvalue weighted by molar-refractivity contribution is -0.116. The predicted molar refractivity (Wildman–Crippen MR) is 144 cm³/mol. The Hall–Kier alpha value is -4.59. The summed E-state index contributed by atoms with van der Waals surface area (Å²) >= 11 is 0. The molecule has 7 nitrogen and oxygen atoms in total. The molecule has 190 valence electrons. The van der Waals surface area contributed by atoms with E-state index in [0.717, 1.165) is 23.7 Å². The number of carbonyl (C=O) groups is 2. The van der Waals surface area contributed by atoms with Crippen molar-refractivity contribution in [2.45, 2.75) is 25.3 Å². The molecule has 1 aliphatic rings. The third-order valence-corrected chi connectivity index (χ3v) is 7.23. The molecular formula is C30H26FN5O2. The number of fused-ring (bicyclic) bond motifs is 2. The van der Waals surface area contributed by atoms with Crippen LogP contribution in [-0.2, 0) is 11.3 Å². The van der Waals surface area contributed by atoms with Gasteiger partial charge < -0.3 is 14.8 Å². The highest BCUT2D eigenvalue weighted by Gasteiger charge is 2.25. The fourth-order valence-corrected chi connectivity index (χ4v) is 5.18. The van der Waals surface area contributed by atoms with Crippen LogP contribution in [0.1, 0.15) is 34.8 Å². The second-order valence-corrected chi connectivity index (χ2v) is 9.62. The minimum atomic E-state index is -0.296. The zero-order chi connectivity index (χ0) is 26.1. The second-order valence-electron chi connectivity index (χ2n) is 9.62. The summed E-state index contributed by atoms with van der Waals surface area (Å²) in [5, 5.41) is 4.34. The van der Waals surface area contributed by atoms with E-state index in [-0.39, 0.29) is 24.2 Å². The Morgan fingerprint density at radius 3 is 2.61 bits per heavy atom. The Balaban J connectivity index is 1.04. The first-order chi connectivity index (χ1) is 18.5. The van der Waals surface area contributed by atoms with E-state index in [0.29, 0.717) is 41.3 Å². The van der Waals surface area contributed by atoms with Crippen molar-refractivity contribution < 1.29 is 14.0 Å². The Kier molecular flexibility index (Phi) is 6.29. The molecule has 1 aliphatic heterocycles. The zero-order valence-electron chi connectivity index (χ0n) is 20.7. The number of nitrogens with one attached hydrogen (secondary N) is 1. The summed E-state index contributed by atoms with van der Waals surface area (Å²) < 4.78 is 15.7. The highest BCUT2D eigenvalue weighted by atomic mass is 19.1. The van der Waals surface area contributed by atoms with Crippen LogP contribution in [0.3, 0.4) is 0 Å². The maximum absolute atomic E-state index is 13.9. The van der Waals surface area contributed by atoms with Crippen LogP contribution in [0, 0.1) is 5.82 Å². The van der Waals surface area contributed by atoms with Crippen molar-refractivity contribution in [1.82, 2.24) is 19.4 Å². The number of halogens is 1. The molecule has 8 heteroatoms. The van der Waals surface area contributed by atoms with Crippen molar-refractivity contribution >= 4 is 39.3 Å². The fourth-order valence-electron chi connectivity index (χ4n) is 5.18. The lowest BCUT2D eigenvalue weighted by Gasteiger charge is -2.32. The fraction of sp³-hybridized carbons (Fsp3) is 0.200. The number of amides is 2. The Morgan fingerprint density at radius 2 is 1.79 bits per heavy atom. The number of likely N-dealkylation sites (tertiary alicyclic amines) is 1. The monoisotopic (exact) mass is 507 g/mol. The van der Waals surface area contributed by atoms with E-state index in [1.807, 2.05) is 41.3 Å². The van der Waals surface area contributed by atoms with E-state index in [2.05, 4.69) is 15.3 Å². The van der Waals surface area contributed by atoms with E-state index < -0.39 is 0 Å². The molecule has 0 bridgehead atoms. The number of piperidine rings is 1. The number of rotatable bonds is 5. The lowest BCUT2D eigenvalue weighted by Crippen LogP contribution is -2.38. The van der Waals surface area contributed by atoms with Gasteiger partial charge in [-0.3, -0.25) is 14.6 Å². The lowest BCUT2D eigenvalue weighted by atomic mass is 9.89. The number of pyridine rings is 2. The van der Waals surface area contributed by atoms with Gasteiger partial charge in [0.1, 0.15) is 18.1 Å². The van der Waals surface area contributed by atoms with E-state index in [1.54, 1.807) is 47.4 Å². The number of benzene rings is 2. The minimum Gasteiger partial charge on any atom is -0.338 e. The van der Waals surface area contributed by atoms with E-state index in [9.17, 15) is 14.0 Å². The second kappa shape index (κ2) is 10.0. The van der Waals surface area contributed by atoms with Crippen molar-refractivity contribution in [3.63, 3.8) is 0 Å². The molecule has 2 aromatic carbocycles.